The van der Waals surface area contributed by atoms with Gasteiger partial charge in [-0.15, -0.1) is 0 Å². The summed E-state index contributed by atoms with van der Waals surface area (Å²) in [6.45, 7) is 3.09. The topological polar surface area (TPSA) is 88.5 Å². The second kappa shape index (κ2) is 5.95. The highest BCUT2D eigenvalue weighted by molar-refractivity contribution is 5.71. The molecule has 2 N–H and O–H groups in total. The van der Waals surface area contributed by atoms with Crippen molar-refractivity contribution in [2.45, 2.75) is 56.1 Å². The van der Waals surface area contributed by atoms with Crippen molar-refractivity contribution in [2.75, 3.05) is 13.3 Å². The van der Waals surface area contributed by atoms with Gasteiger partial charge in [0.2, 0.25) is 6.79 Å². The van der Waals surface area contributed by atoms with Gasteiger partial charge >= 0.3 is 5.97 Å². The first-order chi connectivity index (χ1) is 13.0. The van der Waals surface area contributed by atoms with Gasteiger partial charge in [-0.3, -0.25) is 9.69 Å². The number of carbonyl (C=O) groups is 1. The summed E-state index contributed by atoms with van der Waals surface area (Å²) in [5.74, 6) is 1.04. The van der Waals surface area contributed by atoms with Crippen LogP contribution in [0.5, 0.6) is 11.5 Å². The third-order valence-corrected chi connectivity index (χ3v) is 6.16. The van der Waals surface area contributed by atoms with Crippen LogP contribution in [-0.2, 0) is 21.5 Å². The molecular weight excluding hydrogens is 350 g/mol. The molecule has 1 aliphatic carbocycles. The smallest absolute Gasteiger partial charge is 0.308 e. The third-order valence-electron chi connectivity index (χ3n) is 6.16. The summed E-state index contributed by atoms with van der Waals surface area (Å²) in [5, 5.41) is 19.7. The van der Waals surface area contributed by atoms with E-state index in [0.29, 0.717) is 25.3 Å². The third kappa shape index (κ3) is 2.49. The fourth-order valence-electron chi connectivity index (χ4n) is 5.09. The van der Waals surface area contributed by atoms with E-state index in [9.17, 15) is 15.0 Å². The van der Waals surface area contributed by atoms with Crippen LogP contribution in [0.2, 0.25) is 0 Å². The number of benzene rings is 1. The molecule has 5 rings (SSSR count). The molecule has 3 aliphatic heterocycles. The van der Waals surface area contributed by atoms with Crippen molar-refractivity contribution in [2.24, 2.45) is 0 Å². The van der Waals surface area contributed by atoms with Gasteiger partial charge in [-0.25, -0.2) is 0 Å². The lowest BCUT2D eigenvalue weighted by molar-refractivity contribution is -0.152. The van der Waals surface area contributed by atoms with Crippen molar-refractivity contribution < 1.29 is 29.2 Å². The predicted molar refractivity (Wildman–Crippen MR) is 94.4 cm³/mol. The minimum atomic E-state index is -0.739. The number of esters is 1. The van der Waals surface area contributed by atoms with Gasteiger partial charge in [0.05, 0.1) is 24.0 Å². The maximum Gasteiger partial charge on any atom is 0.308 e. The molecule has 1 aromatic rings. The predicted octanol–water partition coefficient (Wildman–Crippen LogP) is 0.854. The minimum Gasteiger partial charge on any atom is -0.460 e. The molecule has 0 aromatic heterocycles. The van der Waals surface area contributed by atoms with Gasteiger partial charge < -0.3 is 24.4 Å². The second-order valence-electron chi connectivity index (χ2n) is 7.93. The maximum absolute atomic E-state index is 12.3. The van der Waals surface area contributed by atoms with Crippen LogP contribution in [0.3, 0.4) is 0 Å². The van der Waals surface area contributed by atoms with Crippen LogP contribution in [0.25, 0.3) is 0 Å². The number of hydrogen-bond donors (Lipinski definition) is 2. The molecule has 6 atom stereocenters. The number of aliphatic hydroxyl groups excluding tert-OH is 2. The molecule has 1 saturated heterocycles. The zero-order valence-corrected chi connectivity index (χ0v) is 15.1. The zero-order chi connectivity index (χ0) is 18.8. The van der Waals surface area contributed by atoms with E-state index in [1.165, 1.54) is 0 Å². The highest BCUT2D eigenvalue weighted by atomic mass is 16.7. The number of carbonyl (C=O) groups excluding carboxylic acids is 1. The Kier molecular flexibility index (Phi) is 3.76. The SMILES string of the molecule is C[C@H](O)CC(=O)O[C@H]1CN2Cc3cc4c(cc3[C@]13C=C[C@H](O)C[C@H]23)OCO4. The molecule has 7 heteroatoms. The van der Waals surface area contributed by atoms with E-state index in [2.05, 4.69) is 4.90 Å². The largest absolute Gasteiger partial charge is 0.460 e. The molecule has 4 aliphatic rings. The zero-order valence-electron chi connectivity index (χ0n) is 15.1. The second-order valence-corrected chi connectivity index (χ2v) is 7.93. The van der Waals surface area contributed by atoms with Gasteiger partial charge in [-0.2, -0.15) is 0 Å². The molecule has 0 saturated carbocycles. The van der Waals surface area contributed by atoms with Crippen LogP contribution in [-0.4, -0.2) is 58.8 Å². The lowest BCUT2D eigenvalue weighted by Crippen LogP contribution is -2.52. The molecule has 7 nitrogen and oxygen atoms in total. The Morgan fingerprint density at radius 2 is 2.19 bits per heavy atom. The standard InChI is InChI=1S/C20H23NO6/c1-11(22)4-19(24)27-18-9-21-8-12-5-15-16(26-10-25-15)7-14(12)20(18)3-2-13(23)6-17(20)21/h2-3,5,7,11,13,17-18,22-23H,4,6,8-10H2,1H3/t11-,13-,17-,18-,20-/m0/s1. The summed E-state index contributed by atoms with van der Waals surface area (Å²) in [7, 11) is 0. The Balaban J connectivity index is 1.60. The Labute approximate surface area is 157 Å². The number of fused-ring (bicyclic) bond motifs is 2. The highest BCUT2D eigenvalue weighted by Crippen LogP contribution is 2.54. The molecule has 3 heterocycles. The fourth-order valence-corrected chi connectivity index (χ4v) is 5.09. The maximum atomic E-state index is 12.3. The normalized spacial score (nSPS) is 36.1. The molecule has 0 amide bonds. The molecule has 1 fully saturated rings. The number of ether oxygens (including phenoxy) is 3. The summed E-state index contributed by atoms with van der Waals surface area (Å²) in [6.07, 6.45) is 2.75. The van der Waals surface area contributed by atoms with E-state index in [1.54, 1.807) is 13.0 Å². The van der Waals surface area contributed by atoms with Crippen LogP contribution in [0.15, 0.2) is 24.3 Å². The van der Waals surface area contributed by atoms with Crippen molar-refractivity contribution in [1.29, 1.82) is 0 Å². The van der Waals surface area contributed by atoms with Gasteiger partial charge in [0.15, 0.2) is 11.5 Å². The molecule has 2 bridgehead atoms. The van der Waals surface area contributed by atoms with Crippen LogP contribution >= 0.6 is 0 Å². The van der Waals surface area contributed by atoms with E-state index in [-0.39, 0.29) is 25.4 Å². The van der Waals surface area contributed by atoms with Gasteiger partial charge in [0.1, 0.15) is 6.10 Å². The van der Waals surface area contributed by atoms with Crippen molar-refractivity contribution in [3.63, 3.8) is 0 Å². The summed E-state index contributed by atoms with van der Waals surface area (Å²) in [6, 6.07) is 4.07. The molecular formula is C20H23NO6. The summed E-state index contributed by atoms with van der Waals surface area (Å²) < 4.78 is 17.0. The summed E-state index contributed by atoms with van der Waals surface area (Å²) in [4.78, 5) is 14.6. The fraction of sp³-hybridized carbons (Fsp3) is 0.550. The van der Waals surface area contributed by atoms with Gasteiger partial charge in [-0.05, 0) is 36.6 Å². The van der Waals surface area contributed by atoms with E-state index in [4.69, 9.17) is 14.2 Å². The van der Waals surface area contributed by atoms with Crippen molar-refractivity contribution in [1.82, 2.24) is 4.90 Å². The van der Waals surface area contributed by atoms with E-state index in [0.717, 1.165) is 16.9 Å². The molecule has 1 unspecified atom stereocenters. The molecule has 1 aromatic carbocycles. The lowest BCUT2D eigenvalue weighted by Gasteiger charge is -2.46. The highest BCUT2D eigenvalue weighted by Gasteiger charge is 2.60. The first-order valence-electron chi connectivity index (χ1n) is 9.39. The van der Waals surface area contributed by atoms with Gasteiger partial charge in [-0.1, -0.05) is 12.2 Å². The Morgan fingerprint density at radius 3 is 2.96 bits per heavy atom. The van der Waals surface area contributed by atoms with Crippen molar-refractivity contribution >= 4 is 5.97 Å². The number of hydrogen-bond acceptors (Lipinski definition) is 7. The average Bonchev–Trinajstić information content (AvgIpc) is 3.13. The number of nitrogens with zero attached hydrogens (tertiary/aromatic N) is 1. The number of aliphatic hydroxyl groups is 2. The van der Waals surface area contributed by atoms with Crippen LogP contribution < -0.4 is 9.47 Å². The molecule has 0 radical (unpaired) electrons. The van der Waals surface area contributed by atoms with Crippen LogP contribution in [0, 0.1) is 0 Å². The van der Waals surface area contributed by atoms with E-state index >= 15 is 0 Å². The monoisotopic (exact) mass is 373 g/mol. The van der Waals surface area contributed by atoms with Crippen LogP contribution in [0.1, 0.15) is 30.9 Å². The summed E-state index contributed by atoms with van der Waals surface area (Å²) >= 11 is 0. The van der Waals surface area contributed by atoms with Gasteiger partial charge in [0, 0.05) is 19.1 Å². The van der Waals surface area contributed by atoms with Crippen molar-refractivity contribution in [3.8, 4) is 11.5 Å². The number of rotatable bonds is 3. The molecule has 144 valence electrons. The minimum absolute atomic E-state index is 0.0302. The van der Waals surface area contributed by atoms with E-state index < -0.39 is 23.6 Å². The quantitative estimate of drug-likeness (QED) is 0.600. The Bertz CT molecular complexity index is 821. The first-order valence-corrected chi connectivity index (χ1v) is 9.39. The average molecular weight is 373 g/mol. The Hall–Kier alpha value is -2.09. The van der Waals surface area contributed by atoms with Gasteiger partial charge in [0.25, 0.3) is 0 Å². The molecule has 0 spiro atoms. The van der Waals surface area contributed by atoms with Crippen LogP contribution in [0.4, 0.5) is 0 Å². The Morgan fingerprint density at radius 1 is 1.41 bits per heavy atom. The summed E-state index contributed by atoms with van der Waals surface area (Å²) in [5.41, 5.74) is 1.68. The first kappa shape index (κ1) is 17.0. The van der Waals surface area contributed by atoms with E-state index in [1.807, 2.05) is 18.2 Å². The molecule has 27 heavy (non-hydrogen) atoms. The lowest BCUT2D eigenvalue weighted by atomic mass is 9.65. The van der Waals surface area contributed by atoms with Crippen molar-refractivity contribution in [3.05, 3.63) is 35.4 Å².